The van der Waals surface area contributed by atoms with Gasteiger partial charge in [-0.05, 0) is 24.3 Å². The Bertz CT molecular complexity index is 677. The smallest absolute Gasteiger partial charge is 0.163 e. The van der Waals surface area contributed by atoms with Crippen LogP contribution in [0.25, 0.3) is 11.4 Å². The second-order valence-electron chi connectivity index (χ2n) is 6.11. The van der Waals surface area contributed by atoms with Gasteiger partial charge in [-0.2, -0.15) is 23.5 Å². The lowest BCUT2D eigenvalue weighted by Gasteiger charge is -2.31. The van der Waals surface area contributed by atoms with E-state index in [1.165, 1.54) is 12.1 Å². The zero-order valence-corrected chi connectivity index (χ0v) is 15.7. The van der Waals surface area contributed by atoms with E-state index < -0.39 is 0 Å². The summed E-state index contributed by atoms with van der Waals surface area (Å²) in [6.45, 7) is 4.05. The minimum Gasteiger partial charge on any atom is -0.355 e. The first kappa shape index (κ1) is 17.0. The van der Waals surface area contributed by atoms with Crippen molar-refractivity contribution in [1.29, 1.82) is 0 Å². The van der Waals surface area contributed by atoms with Crippen LogP contribution in [0.5, 0.6) is 0 Å². The van der Waals surface area contributed by atoms with Crippen molar-refractivity contribution in [3.05, 3.63) is 36.1 Å². The first-order chi connectivity index (χ1) is 12.3. The van der Waals surface area contributed by atoms with E-state index in [-0.39, 0.29) is 5.82 Å². The highest BCUT2D eigenvalue weighted by Gasteiger charge is 2.19. The number of nitrogens with zero attached hydrogens (tertiary/aromatic N) is 4. The third-order valence-corrected chi connectivity index (χ3v) is 6.36. The summed E-state index contributed by atoms with van der Waals surface area (Å²) >= 11 is 3.98. The summed E-state index contributed by atoms with van der Waals surface area (Å²) in [4.78, 5) is 14.3. The number of halogens is 1. The maximum absolute atomic E-state index is 13.3. The molecule has 0 bridgehead atoms. The molecule has 1 aromatic heterocycles. The summed E-state index contributed by atoms with van der Waals surface area (Å²) in [5.41, 5.74) is 0.863. The van der Waals surface area contributed by atoms with Gasteiger partial charge in [0.1, 0.15) is 17.5 Å². The number of rotatable bonds is 3. The zero-order valence-electron chi connectivity index (χ0n) is 14.0. The van der Waals surface area contributed by atoms with E-state index >= 15 is 0 Å². The van der Waals surface area contributed by atoms with Gasteiger partial charge in [0.15, 0.2) is 5.82 Å². The van der Waals surface area contributed by atoms with Gasteiger partial charge in [-0.1, -0.05) is 0 Å². The molecule has 7 heteroatoms. The summed E-state index contributed by atoms with van der Waals surface area (Å²) in [6.07, 6.45) is 0. The molecule has 0 spiro atoms. The highest BCUT2D eigenvalue weighted by atomic mass is 32.2. The molecule has 0 atom stereocenters. The third-order valence-electron chi connectivity index (χ3n) is 4.47. The lowest BCUT2D eigenvalue weighted by Crippen LogP contribution is -2.35. The van der Waals surface area contributed by atoms with E-state index in [2.05, 4.69) is 15.9 Å². The molecule has 2 aromatic rings. The van der Waals surface area contributed by atoms with Crippen LogP contribution in [0.4, 0.5) is 16.0 Å². The van der Waals surface area contributed by atoms with Crippen LogP contribution in [0.15, 0.2) is 30.3 Å². The first-order valence-electron chi connectivity index (χ1n) is 8.60. The predicted molar refractivity (Wildman–Crippen MR) is 107 cm³/mol. The Labute approximate surface area is 156 Å². The van der Waals surface area contributed by atoms with Gasteiger partial charge < -0.3 is 9.80 Å². The minimum atomic E-state index is -0.235. The van der Waals surface area contributed by atoms with Gasteiger partial charge in [-0.25, -0.2) is 14.4 Å². The minimum absolute atomic E-state index is 0.235. The molecule has 1 aromatic carbocycles. The van der Waals surface area contributed by atoms with Crippen molar-refractivity contribution >= 4 is 35.2 Å². The lowest BCUT2D eigenvalue weighted by molar-refractivity contribution is 0.628. The molecule has 2 aliphatic heterocycles. The molecule has 4 rings (SSSR count). The molecule has 0 radical (unpaired) electrons. The highest BCUT2D eigenvalue weighted by Crippen LogP contribution is 2.27. The van der Waals surface area contributed by atoms with Crippen molar-refractivity contribution < 1.29 is 4.39 Å². The molecular weight excluding hydrogens is 355 g/mol. The van der Waals surface area contributed by atoms with Crippen LogP contribution in [-0.2, 0) is 0 Å². The summed E-state index contributed by atoms with van der Waals surface area (Å²) in [6, 6.07) is 8.59. The molecule has 25 heavy (non-hydrogen) atoms. The molecule has 3 heterocycles. The van der Waals surface area contributed by atoms with E-state index in [0.717, 1.165) is 66.4 Å². The topological polar surface area (TPSA) is 32.3 Å². The highest BCUT2D eigenvalue weighted by molar-refractivity contribution is 7.99. The SMILES string of the molecule is Fc1ccc(-c2nc(N3CCSCC3)cc(N3CCSCC3)n2)cc1. The van der Waals surface area contributed by atoms with Gasteiger partial charge in [-0.3, -0.25) is 0 Å². The van der Waals surface area contributed by atoms with Crippen LogP contribution < -0.4 is 9.80 Å². The fourth-order valence-corrected chi connectivity index (χ4v) is 4.87. The van der Waals surface area contributed by atoms with Gasteiger partial charge in [0, 0.05) is 60.8 Å². The Morgan fingerprint density at radius 3 is 1.72 bits per heavy atom. The molecule has 0 saturated carbocycles. The van der Waals surface area contributed by atoms with Crippen LogP contribution in [-0.4, -0.2) is 59.2 Å². The molecule has 0 unspecified atom stereocenters. The van der Waals surface area contributed by atoms with Gasteiger partial charge >= 0.3 is 0 Å². The van der Waals surface area contributed by atoms with Crippen molar-refractivity contribution in [2.24, 2.45) is 0 Å². The van der Waals surface area contributed by atoms with Gasteiger partial charge in [0.25, 0.3) is 0 Å². The standard InChI is InChI=1S/C18H21FN4S2/c19-15-3-1-14(2-4-15)18-20-16(22-5-9-24-10-6-22)13-17(21-18)23-7-11-25-12-8-23/h1-4,13H,5-12H2. The number of anilines is 2. The van der Waals surface area contributed by atoms with Crippen LogP contribution >= 0.6 is 23.5 Å². The number of benzene rings is 1. The molecule has 2 fully saturated rings. The first-order valence-corrected chi connectivity index (χ1v) is 10.9. The Balaban J connectivity index is 1.72. The average Bonchev–Trinajstić information content (AvgIpc) is 2.69. The summed E-state index contributed by atoms with van der Waals surface area (Å²) in [7, 11) is 0. The van der Waals surface area contributed by atoms with Crippen LogP contribution in [0.1, 0.15) is 0 Å². The molecule has 132 valence electrons. The maximum atomic E-state index is 13.3. The molecule has 0 amide bonds. The fourth-order valence-electron chi connectivity index (χ4n) is 3.06. The van der Waals surface area contributed by atoms with Crippen LogP contribution in [0.2, 0.25) is 0 Å². The Morgan fingerprint density at radius 1 is 0.760 bits per heavy atom. The van der Waals surface area contributed by atoms with Gasteiger partial charge in [-0.15, -0.1) is 0 Å². The van der Waals surface area contributed by atoms with Crippen molar-refractivity contribution in [3.63, 3.8) is 0 Å². The molecule has 2 aliphatic rings. The van der Waals surface area contributed by atoms with E-state index in [1.807, 2.05) is 23.5 Å². The second kappa shape index (κ2) is 7.83. The molecule has 0 N–H and O–H groups in total. The van der Waals surface area contributed by atoms with Crippen LogP contribution in [0, 0.1) is 5.82 Å². The lowest BCUT2D eigenvalue weighted by atomic mass is 10.2. The Kier molecular flexibility index (Phi) is 5.31. The Morgan fingerprint density at radius 2 is 1.24 bits per heavy atom. The molecule has 4 nitrogen and oxygen atoms in total. The van der Waals surface area contributed by atoms with E-state index in [9.17, 15) is 4.39 Å². The second-order valence-corrected chi connectivity index (χ2v) is 8.56. The van der Waals surface area contributed by atoms with E-state index in [0.29, 0.717) is 5.82 Å². The van der Waals surface area contributed by atoms with Crippen molar-refractivity contribution in [2.75, 3.05) is 59.0 Å². The number of aromatic nitrogens is 2. The molecule has 2 saturated heterocycles. The quantitative estimate of drug-likeness (QED) is 0.816. The fraction of sp³-hybridized carbons (Fsp3) is 0.444. The molecular formula is C18H21FN4S2. The normalized spacial score (nSPS) is 18.4. The summed E-state index contributed by atoms with van der Waals surface area (Å²) in [5.74, 6) is 6.95. The third kappa shape index (κ3) is 4.03. The summed E-state index contributed by atoms with van der Waals surface area (Å²) in [5, 5.41) is 0. The maximum Gasteiger partial charge on any atom is 0.163 e. The molecule has 0 aliphatic carbocycles. The van der Waals surface area contributed by atoms with E-state index in [1.54, 1.807) is 12.1 Å². The van der Waals surface area contributed by atoms with Gasteiger partial charge in [0.2, 0.25) is 0 Å². The zero-order chi connectivity index (χ0) is 17.1. The monoisotopic (exact) mass is 376 g/mol. The van der Waals surface area contributed by atoms with E-state index in [4.69, 9.17) is 9.97 Å². The largest absolute Gasteiger partial charge is 0.355 e. The van der Waals surface area contributed by atoms with Gasteiger partial charge in [0.05, 0.1) is 0 Å². The average molecular weight is 377 g/mol. The number of hydrogen-bond acceptors (Lipinski definition) is 6. The predicted octanol–water partition coefficient (Wildman–Crippen LogP) is 3.39. The van der Waals surface area contributed by atoms with Crippen LogP contribution in [0.3, 0.4) is 0 Å². The van der Waals surface area contributed by atoms with Crippen molar-refractivity contribution in [3.8, 4) is 11.4 Å². The van der Waals surface area contributed by atoms with Crippen molar-refractivity contribution in [2.45, 2.75) is 0 Å². The van der Waals surface area contributed by atoms with Crippen molar-refractivity contribution in [1.82, 2.24) is 9.97 Å². The Hall–Kier alpha value is -1.47. The number of hydrogen-bond donors (Lipinski definition) is 0. The number of thioether (sulfide) groups is 2. The summed E-state index contributed by atoms with van der Waals surface area (Å²) < 4.78 is 13.3.